The second-order valence-corrected chi connectivity index (χ2v) is 3.03. The highest BCUT2D eigenvalue weighted by molar-refractivity contribution is 6.33. The van der Waals surface area contributed by atoms with Crippen LogP contribution in [0.1, 0.15) is 13.8 Å². The molecule has 0 aliphatic rings. The van der Waals surface area contributed by atoms with Gasteiger partial charge in [-0.15, -0.1) is 0 Å². The summed E-state index contributed by atoms with van der Waals surface area (Å²) in [6.07, 6.45) is 0. The van der Waals surface area contributed by atoms with Gasteiger partial charge in [0.2, 0.25) is 0 Å². The fraction of sp³-hybridized carbons (Fsp3) is 0.400. The highest BCUT2D eigenvalue weighted by Crippen LogP contribution is 2.24. The summed E-state index contributed by atoms with van der Waals surface area (Å²) in [4.78, 5) is 2.24. The van der Waals surface area contributed by atoms with Crippen LogP contribution in [0.15, 0.2) is 24.3 Å². The Balaban J connectivity index is 2.92. The molecule has 0 aromatic heterocycles. The van der Waals surface area contributed by atoms with Crippen molar-refractivity contribution in [3.63, 3.8) is 0 Å². The fourth-order valence-corrected chi connectivity index (χ4v) is 1.53. The van der Waals surface area contributed by atoms with Gasteiger partial charge in [-0.1, -0.05) is 23.7 Å². The van der Waals surface area contributed by atoms with Crippen molar-refractivity contribution >= 4 is 17.3 Å². The molecule has 1 aromatic carbocycles. The molecule has 0 unspecified atom stereocenters. The van der Waals surface area contributed by atoms with Crippen molar-refractivity contribution in [1.29, 1.82) is 0 Å². The highest BCUT2D eigenvalue weighted by Gasteiger charge is 2.04. The number of anilines is 1. The van der Waals surface area contributed by atoms with E-state index in [4.69, 9.17) is 11.6 Å². The van der Waals surface area contributed by atoms with E-state index in [0.717, 1.165) is 23.8 Å². The van der Waals surface area contributed by atoms with Crippen molar-refractivity contribution in [3.05, 3.63) is 29.3 Å². The van der Waals surface area contributed by atoms with Gasteiger partial charge in [-0.2, -0.15) is 0 Å². The Labute approximate surface area is 79.0 Å². The molecular weight excluding hydrogens is 170 g/mol. The van der Waals surface area contributed by atoms with E-state index in [2.05, 4.69) is 24.8 Å². The monoisotopic (exact) mass is 183 g/mol. The number of benzene rings is 1. The SMILES string of the molecule is CCN(CC)c1ccccc1Cl. The molecular formula is C10H14ClN. The summed E-state index contributed by atoms with van der Waals surface area (Å²) in [5, 5.41) is 0.834. The molecule has 0 saturated carbocycles. The van der Waals surface area contributed by atoms with E-state index >= 15 is 0 Å². The van der Waals surface area contributed by atoms with E-state index in [9.17, 15) is 0 Å². The lowest BCUT2D eigenvalue weighted by Gasteiger charge is -2.21. The Morgan fingerprint density at radius 2 is 1.75 bits per heavy atom. The first-order valence-electron chi connectivity index (χ1n) is 4.29. The molecule has 0 saturated heterocycles. The molecule has 0 N–H and O–H groups in total. The minimum absolute atomic E-state index is 0.834. The van der Waals surface area contributed by atoms with E-state index in [0.29, 0.717) is 0 Å². The van der Waals surface area contributed by atoms with Crippen molar-refractivity contribution < 1.29 is 0 Å². The van der Waals surface area contributed by atoms with Gasteiger partial charge in [0, 0.05) is 13.1 Å². The lowest BCUT2D eigenvalue weighted by Crippen LogP contribution is -2.21. The maximum atomic E-state index is 6.03. The molecule has 66 valence electrons. The van der Waals surface area contributed by atoms with Crippen LogP contribution in [-0.2, 0) is 0 Å². The lowest BCUT2D eigenvalue weighted by atomic mass is 10.3. The highest BCUT2D eigenvalue weighted by atomic mass is 35.5. The van der Waals surface area contributed by atoms with E-state index in [1.54, 1.807) is 0 Å². The van der Waals surface area contributed by atoms with Gasteiger partial charge in [0.25, 0.3) is 0 Å². The summed E-state index contributed by atoms with van der Waals surface area (Å²) in [6, 6.07) is 7.94. The van der Waals surface area contributed by atoms with Crippen molar-refractivity contribution in [1.82, 2.24) is 0 Å². The van der Waals surface area contributed by atoms with Crippen LogP contribution >= 0.6 is 11.6 Å². The molecule has 0 amide bonds. The molecule has 2 heteroatoms. The third kappa shape index (κ3) is 1.92. The van der Waals surface area contributed by atoms with Crippen LogP contribution in [0.5, 0.6) is 0 Å². The average Bonchev–Trinajstić information content (AvgIpc) is 2.10. The van der Waals surface area contributed by atoms with Gasteiger partial charge in [0.15, 0.2) is 0 Å². The standard InChI is InChI=1S/C10H14ClN/c1-3-12(4-2)10-8-6-5-7-9(10)11/h5-8H,3-4H2,1-2H3. The Morgan fingerprint density at radius 3 is 2.25 bits per heavy atom. The summed E-state index contributed by atoms with van der Waals surface area (Å²) >= 11 is 6.03. The molecule has 0 spiro atoms. The largest absolute Gasteiger partial charge is 0.371 e. The van der Waals surface area contributed by atoms with E-state index in [1.165, 1.54) is 0 Å². The second-order valence-electron chi connectivity index (χ2n) is 2.62. The van der Waals surface area contributed by atoms with Gasteiger partial charge >= 0.3 is 0 Å². The average molecular weight is 184 g/mol. The third-order valence-corrected chi connectivity index (χ3v) is 2.28. The molecule has 0 radical (unpaired) electrons. The first-order chi connectivity index (χ1) is 5.79. The predicted octanol–water partition coefficient (Wildman–Crippen LogP) is 3.19. The molecule has 1 aromatic rings. The summed E-state index contributed by atoms with van der Waals surface area (Å²) in [5.41, 5.74) is 1.13. The number of hydrogen-bond acceptors (Lipinski definition) is 1. The Kier molecular flexibility index (Phi) is 3.42. The summed E-state index contributed by atoms with van der Waals surface area (Å²) in [6.45, 7) is 6.26. The fourth-order valence-electron chi connectivity index (χ4n) is 1.27. The molecule has 0 aliphatic heterocycles. The minimum atomic E-state index is 0.834. The topological polar surface area (TPSA) is 3.24 Å². The van der Waals surface area contributed by atoms with Crippen LogP contribution in [0.25, 0.3) is 0 Å². The molecule has 1 nitrogen and oxygen atoms in total. The molecule has 0 bridgehead atoms. The molecule has 0 atom stereocenters. The van der Waals surface area contributed by atoms with E-state index in [-0.39, 0.29) is 0 Å². The van der Waals surface area contributed by atoms with Gasteiger partial charge in [-0.3, -0.25) is 0 Å². The maximum absolute atomic E-state index is 6.03. The number of hydrogen-bond donors (Lipinski definition) is 0. The lowest BCUT2D eigenvalue weighted by molar-refractivity contribution is 0.866. The van der Waals surface area contributed by atoms with Crippen molar-refractivity contribution in [2.45, 2.75) is 13.8 Å². The summed E-state index contributed by atoms with van der Waals surface area (Å²) in [5.74, 6) is 0. The van der Waals surface area contributed by atoms with Crippen molar-refractivity contribution in [2.75, 3.05) is 18.0 Å². The smallest absolute Gasteiger partial charge is 0.0639 e. The molecule has 1 rings (SSSR count). The number of rotatable bonds is 3. The number of halogens is 1. The normalized spacial score (nSPS) is 9.92. The van der Waals surface area contributed by atoms with Gasteiger partial charge in [-0.05, 0) is 26.0 Å². The molecule has 12 heavy (non-hydrogen) atoms. The molecule has 0 fully saturated rings. The third-order valence-electron chi connectivity index (χ3n) is 1.96. The number of para-hydroxylation sites is 1. The van der Waals surface area contributed by atoms with Crippen LogP contribution in [0, 0.1) is 0 Å². The van der Waals surface area contributed by atoms with Crippen LogP contribution in [0.4, 0.5) is 5.69 Å². The zero-order valence-electron chi connectivity index (χ0n) is 7.55. The van der Waals surface area contributed by atoms with E-state index in [1.807, 2.05) is 18.2 Å². The maximum Gasteiger partial charge on any atom is 0.0639 e. The van der Waals surface area contributed by atoms with E-state index < -0.39 is 0 Å². The van der Waals surface area contributed by atoms with Gasteiger partial charge in [0.05, 0.1) is 10.7 Å². The Bertz CT molecular complexity index is 243. The Hall–Kier alpha value is -0.690. The first kappa shape index (κ1) is 9.40. The van der Waals surface area contributed by atoms with Crippen LogP contribution < -0.4 is 4.90 Å². The van der Waals surface area contributed by atoms with Gasteiger partial charge in [-0.25, -0.2) is 0 Å². The molecule has 0 heterocycles. The summed E-state index contributed by atoms with van der Waals surface area (Å²) in [7, 11) is 0. The quantitative estimate of drug-likeness (QED) is 0.696. The molecule has 0 aliphatic carbocycles. The second kappa shape index (κ2) is 4.36. The zero-order valence-corrected chi connectivity index (χ0v) is 8.30. The minimum Gasteiger partial charge on any atom is -0.371 e. The van der Waals surface area contributed by atoms with Crippen LogP contribution in [-0.4, -0.2) is 13.1 Å². The van der Waals surface area contributed by atoms with Crippen molar-refractivity contribution in [2.24, 2.45) is 0 Å². The first-order valence-corrected chi connectivity index (χ1v) is 4.66. The zero-order chi connectivity index (χ0) is 8.97. The van der Waals surface area contributed by atoms with Gasteiger partial charge < -0.3 is 4.90 Å². The van der Waals surface area contributed by atoms with Crippen LogP contribution in [0.2, 0.25) is 5.02 Å². The van der Waals surface area contributed by atoms with Crippen LogP contribution in [0.3, 0.4) is 0 Å². The Morgan fingerprint density at radius 1 is 1.17 bits per heavy atom. The summed E-state index contributed by atoms with van der Waals surface area (Å²) < 4.78 is 0. The number of nitrogens with zero attached hydrogens (tertiary/aromatic N) is 1. The predicted molar refractivity (Wildman–Crippen MR) is 55.0 cm³/mol. The van der Waals surface area contributed by atoms with Crippen molar-refractivity contribution in [3.8, 4) is 0 Å². The van der Waals surface area contributed by atoms with Gasteiger partial charge in [0.1, 0.15) is 0 Å².